The first-order chi connectivity index (χ1) is 11.9. The second-order valence-corrected chi connectivity index (χ2v) is 7.05. The number of aromatic amines is 1. The average Bonchev–Trinajstić information content (AvgIpc) is 3.01. The Morgan fingerprint density at radius 3 is 2.72 bits per heavy atom. The highest BCUT2D eigenvalue weighted by Crippen LogP contribution is 2.23. The number of aromatic nitrogens is 2. The molecule has 0 aliphatic carbocycles. The van der Waals surface area contributed by atoms with Crippen molar-refractivity contribution in [3.05, 3.63) is 59.4 Å². The summed E-state index contributed by atoms with van der Waals surface area (Å²) in [5, 5.41) is 0.733. The molecule has 0 aliphatic heterocycles. The molecule has 0 fully saturated rings. The van der Waals surface area contributed by atoms with Crippen LogP contribution in [0.4, 0.5) is 4.39 Å². The fraction of sp³-hybridized carbons (Fsp3) is 0.263. The summed E-state index contributed by atoms with van der Waals surface area (Å²) in [4.78, 5) is 21.9. The van der Waals surface area contributed by atoms with E-state index in [4.69, 9.17) is 0 Å². The summed E-state index contributed by atoms with van der Waals surface area (Å²) in [6.45, 7) is 3.96. The minimum absolute atomic E-state index is 0.00142. The van der Waals surface area contributed by atoms with Gasteiger partial charge in [0.15, 0.2) is 5.16 Å². The number of imidazole rings is 1. The zero-order valence-corrected chi connectivity index (χ0v) is 15.2. The van der Waals surface area contributed by atoms with Crippen molar-refractivity contribution in [3.8, 4) is 0 Å². The molecule has 4 nitrogen and oxygen atoms in total. The van der Waals surface area contributed by atoms with Crippen LogP contribution in [0.2, 0.25) is 0 Å². The number of fused-ring (bicyclic) bond motifs is 1. The molecule has 0 radical (unpaired) electrons. The van der Waals surface area contributed by atoms with E-state index in [1.807, 2.05) is 32.0 Å². The van der Waals surface area contributed by atoms with E-state index in [1.54, 1.807) is 24.1 Å². The number of amides is 1. The lowest BCUT2D eigenvalue weighted by atomic mass is 10.1. The van der Waals surface area contributed by atoms with E-state index < -0.39 is 0 Å². The molecule has 2 aromatic carbocycles. The third kappa shape index (κ3) is 4.02. The summed E-state index contributed by atoms with van der Waals surface area (Å²) in [6, 6.07) is 12.1. The monoisotopic (exact) mass is 357 g/mol. The molecular weight excluding hydrogens is 337 g/mol. The van der Waals surface area contributed by atoms with E-state index in [0.29, 0.717) is 5.75 Å². The van der Waals surface area contributed by atoms with Crippen LogP contribution in [0.15, 0.2) is 47.6 Å². The first kappa shape index (κ1) is 17.5. The lowest BCUT2D eigenvalue weighted by molar-refractivity contribution is -0.128. The summed E-state index contributed by atoms with van der Waals surface area (Å²) in [5.74, 6) is 0.0139. The first-order valence-electron chi connectivity index (χ1n) is 8.04. The Labute approximate surface area is 150 Å². The predicted octanol–water partition coefficient (Wildman–Crippen LogP) is 4.32. The van der Waals surface area contributed by atoms with Crippen molar-refractivity contribution in [2.45, 2.75) is 25.0 Å². The van der Waals surface area contributed by atoms with Gasteiger partial charge in [0.05, 0.1) is 22.8 Å². The van der Waals surface area contributed by atoms with E-state index in [2.05, 4.69) is 9.97 Å². The van der Waals surface area contributed by atoms with Crippen molar-refractivity contribution in [1.82, 2.24) is 14.9 Å². The van der Waals surface area contributed by atoms with E-state index in [0.717, 1.165) is 27.3 Å². The van der Waals surface area contributed by atoms with Crippen LogP contribution in [0.5, 0.6) is 0 Å². The molecule has 6 heteroatoms. The van der Waals surface area contributed by atoms with E-state index in [9.17, 15) is 9.18 Å². The molecule has 25 heavy (non-hydrogen) atoms. The number of benzene rings is 2. The van der Waals surface area contributed by atoms with Crippen LogP contribution < -0.4 is 0 Å². The summed E-state index contributed by atoms with van der Waals surface area (Å²) in [7, 11) is 1.76. The van der Waals surface area contributed by atoms with Gasteiger partial charge < -0.3 is 9.88 Å². The molecule has 1 aromatic heterocycles. The molecule has 0 spiro atoms. The molecule has 0 saturated heterocycles. The number of halogens is 1. The maximum Gasteiger partial charge on any atom is 0.233 e. The van der Waals surface area contributed by atoms with Gasteiger partial charge in [0.25, 0.3) is 0 Å². The quantitative estimate of drug-likeness (QED) is 0.692. The molecule has 0 aliphatic rings. The Balaban J connectivity index is 1.63. The molecule has 1 unspecified atom stereocenters. The molecule has 1 atom stereocenters. The van der Waals surface area contributed by atoms with Crippen LogP contribution in [-0.4, -0.2) is 33.6 Å². The molecular formula is C19H20FN3OS. The van der Waals surface area contributed by atoms with Gasteiger partial charge >= 0.3 is 0 Å². The van der Waals surface area contributed by atoms with E-state index >= 15 is 0 Å². The summed E-state index contributed by atoms with van der Waals surface area (Å²) in [6.07, 6.45) is 0. The van der Waals surface area contributed by atoms with Gasteiger partial charge in [-0.15, -0.1) is 0 Å². The largest absolute Gasteiger partial charge is 0.338 e. The number of hydrogen-bond acceptors (Lipinski definition) is 3. The molecule has 130 valence electrons. The molecule has 1 N–H and O–H groups in total. The standard InChI is InChI=1S/C19H20FN3OS/c1-12-4-9-16-17(10-12)22-19(21-16)25-11-18(24)23(3)13(2)14-5-7-15(20)8-6-14/h4-10,13H,11H2,1-3H3,(H,21,22). The van der Waals surface area contributed by atoms with Gasteiger partial charge in [-0.3, -0.25) is 4.79 Å². The summed E-state index contributed by atoms with van der Waals surface area (Å²) >= 11 is 1.39. The van der Waals surface area contributed by atoms with Crippen LogP contribution in [0.1, 0.15) is 24.1 Å². The molecule has 3 aromatic rings. The number of rotatable bonds is 5. The van der Waals surface area contributed by atoms with E-state index in [1.165, 1.54) is 23.9 Å². The van der Waals surface area contributed by atoms with Crippen molar-refractivity contribution < 1.29 is 9.18 Å². The Morgan fingerprint density at radius 2 is 2.00 bits per heavy atom. The second-order valence-electron chi connectivity index (χ2n) is 6.08. The fourth-order valence-corrected chi connectivity index (χ4v) is 3.39. The number of carbonyl (C=O) groups is 1. The molecule has 0 saturated carbocycles. The highest BCUT2D eigenvalue weighted by molar-refractivity contribution is 7.99. The Morgan fingerprint density at radius 1 is 1.28 bits per heavy atom. The van der Waals surface area contributed by atoms with Crippen LogP contribution in [0, 0.1) is 12.7 Å². The van der Waals surface area contributed by atoms with Crippen molar-refractivity contribution in [2.24, 2.45) is 0 Å². The predicted molar refractivity (Wildman–Crippen MR) is 99.1 cm³/mol. The number of aryl methyl sites for hydroxylation is 1. The topological polar surface area (TPSA) is 49.0 Å². The van der Waals surface area contributed by atoms with Gasteiger partial charge in [0.2, 0.25) is 5.91 Å². The number of nitrogens with one attached hydrogen (secondary N) is 1. The maximum absolute atomic E-state index is 13.0. The highest BCUT2D eigenvalue weighted by atomic mass is 32.2. The minimum Gasteiger partial charge on any atom is -0.338 e. The van der Waals surface area contributed by atoms with Crippen molar-refractivity contribution in [2.75, 3.05) is 12.8 Å². The highest BCUT2D eigenvalue weighted by Gasteiger charge is 2.18. The Kier molecular flexibility index (Phi) is 5.08. The zero-order chi connectivity index (χ0) is 18.0. The third-order valence-electron chi connectivity index (χ3n) is 4.27. The van der Waals surface area contributed by atoms with Crippen LogP contribution in [0.3, 0.4) is 0 Å². The first-order valence-corrected chi connectivity index (χ1v) is 9.03. The van der Waals surface area contributed by atoms with Gasteiger partial charge in [-0.25, -0.2) is 9.37 Å². The number of thioether (sulfide) groups is 1. The Hall–Kier alpha value is -2.34. The minimum atomic E-state index is -0.277. The van der Waals surface area contributed by atoms with Crippen molar-refractivity contribution >= 4 is 28.7 Å². The summed E-state index contributed by atoms with van der Waals surface area (Å²) in [5.41, 5.74) is 3.94. The molecule has 1 heterocycles. The van der Waals surface area contributed by atoms with Crippen LogP contribution in [-0.2, 0) is 4.79 Å². The lowest BCUT2D eigenvalue weighted by Crippen LogP contribution is -2.31. The van der Waals surface area contributed by atoms with Gasteiger partial charge in [0, 0.05) is 7.05 Å². The smallest absolute Gasteiger partial charge is 0.233 e. The van der Waals surface area contributed by atoms with E-state index in [-0.39, 0.29) is 17.8 Å². The normalized spacial score (nSPS) is 12.3. The number of hydrogen-bond donors (Lipinski definition) is 1. The van der Waals surface area contributed by atoms with Crippen LogP contribution >= 0.6 is 11.8 Å². The van der Waals surface area contributed by atoms with Crippen LogP contribution in [0.25, 0.3) is 11.0 Å². The average molecular weight is 357 g/mol. The fourth-order valence-electron chi connectivity index (χ4n) is 2.58. The van der Waals surface area contributed by atoms with Gasteiger partial charge in [-0.2, -0.15) is 0 Å². The number of nitrogens with zero attached hydrogens (tertiary/aromatic N) is 2. The molecule has 0 bridgehead atoms. The van der Waals surface area contributed by atoms with Crippen molar-refractivity contribution in [1.29, 1.82) is 0 Å². The van der Waals surface area contributed by atoms with Gasteiger partial charge in [-0.05, 0) is 49.2 Å². The van der Waals surface area contributed by atoms with Gasteiger partial charge in [0.1, 0.15) is 5.82 Å². The number of H-pyrrole nitrogens is 1. The SMILES string of the molecule is Cc1ccc2nc(SCC(=O)N(C)C(C)c3ccc(F)cc3)[nH]c2c1. The second kappa shape index (κ2) is 7.27. The third-order valence-corrected chi connectivity index (χ3v) is 5.13. The molecule has 3 rings (SSSR count). The number of carbonyl (C=O) groups excluding carboxylic acids is 1. The maximum atomic E-state index is 13.0. The summed E-state index contributed by atoms with van der Waals surface area (Å²) < 4.78 is 13.0. The van der Waals surface area contributed by atoms with Gasteiger partial charge in [-0.1, -0.05) is 30.0 Å². The molecule has 1 amide bonds. The lowest BCUT2D eigenvalue weighted by Gasteiger charge is -2.25. The Bertz CT molecular complexity index is 891. The van der Waals surface area contributed by atoms with Crippen molar-refractivity contribution in [3.63, 3.8) is 0 Å². The zero-order valence-electron chi connectivity index (χ0n) is 14.4.